The summed E-state index contributed by atoms with van der Waals surface area (Å²) in [5, 5.41) is 28.6. The molecule has 0 spiro atoms. The highest BCUT2D eigenvalue weighted by molar-refractivity contribution is 5.92. The fourth-order valence-electron chi connectivity index (χ4n) is 2.17. The zero-order chi connectivity index (χ0) is 13.3. The summed E-state index contributed by atoms with van der Waals surface area (Å²) < 4.78 is 0. The molecule has 0 heterocycles. The van der Waals surface area contributed by atoms with E-state index in [1.807, 2.05) is 0 Å². The number of ketones is 1. The van der Waals surface area contributed by atoms with Crippen LogP contribution < -0.4 is 0 Å². The van der Waals surface area contributed by atoms with Crippen molar-refractivity contribution in [1.82, 2.24) is 0 Å². The predicted octanol–water partition coefficient (Wildman–Crippen LogP) is 0.572. The summed E-state index contributed by atoms with van der Waals surface area (Å²) in [6, 6.07) is 0. The third-order valence-electron chi connectivity index (χ3n) is 3.37. The van der Waals surface area contributed by atoms with Crippen LogP contribution in [0.5, 0.6) is 0 Å². The van der Waals surface area contributed by atoms with Gasteiger partial charge in [-0.2, -0.15) is 0 Å². The van der Waals surface area contributed by atoms with Crippen LogP contribution in [-0.4, -0.2) is 39.4 Å². The Morgan fingerprint density at radius 3 is 2.59 bits per heavy atom. The lowest BCUT2D eigenvalue weighted by molar-refractivity contribution is -0.121. The lowest BCUT2D eigenvalue weighted by Gasteiger charge is -2.44. The number of aliphatic hydroxyl groups is 3. The molecule has 0 saturated carbocycles. The maximum absolute atomic E-state index is 11.5. The first-order valence-electron chi connectivity index (χ1n) is 5.65. The Labute approximate surface area is 101 Å². The maximum atomic E-state index is 11.5. The van der Waals surface area contributed by atoms with Gasteiger partial charge in [0.25, 0.3) is 0 Å². The van der Waals surface area contributed by atoms with Gasteiger partial charge in [0.1, 0.15) is 5.60 Å². The quantitative estimate of drug-likeness (QED) is 0.630. The van der Waals surface area contributed by atoms with Crippen LogP contribution in [0.4, 0.5) is 0 Å². The van der Waals surface area contributed by atoms with Crippen LogP contribution in [0.2, 0.25) is 0 Å². The number of rotatable bonds is 3. The molecule has 0 aromatic heterocycles. The van der Waals surface area contributed by atoms with E-state index < -0.39 is 23.7 Å². The van der Waals surface area contributed by atoms with Crippen molar-refractivity contribution in [2.75, 3.05) is 6.61 Å². The molecular formula is C13H20O4. The molecule has 0 amide bonds. The molecule has 3 N–H and O–H groups in total. The minimum atomic E-state index is -1.27. The van der Waals surface area contributed by atoms with Crippen LogP contribution in [0.15, 0.2) is 23.8 Å². The Morgan fingerprint density at radius 1 is 1.53 bits per heavy atom. The number of hydrogen-bond donors (Lipinski definition) is 3. The molecule has 17 heavy (non-hydrogen) atoms. The first kappa shape index (κ1) is 14.1. The molecule has 0 saturated heterocycles. The van der Waals surface area contributed by atoms with Crippen molar-refractivity contribution in [2.24, 2.45) is 5.41 Å². The van der Waals surface area contributed by atoms with E-state index >= 15 is 0 Å². The average Bonchev–Trinajstić information content (AvgIpc) is 2.22. The van der Waals surface area contributed by atoms with Gasteiger partial charge < -0.3 is 15.3 Å². The molecule has 0 aliphatic heterocycles. The molecule has 0 bridgehead atoms. The van der Waals surface area contributed by atoms with Crippen molar-refractivity contribution in [1.29, 1.82) is 0 Å². The van der Waals surface area contributed by atoms with E-state index in [-0.39, 0.29) is 12.2 Å². The predicted molar refractivity (Wildman–Crippen MR) is 64.3 cm³/mol. The van der Waals surface area contributed by atoms with Gasteiger partial charge in [-0.05, 0) is 24.6 Å². The Bertz CT molecular complexity index is 368. The van der Waals surface area contributed by atoms with Crippen LogP contribution >= 0.6 is 0 Å². The zero-order valence-corrected chi connectivity index (χ0v) is 10.5. The summed E-state index contributed by atoms with van der Waals surface area (Å²) in [4.78, 5) is 11.5. The normalized spacial score (nSPS) is 30.5. The topological polar surface area (TPSA) is 77.8 Å². The molecule has 0 aromatic rings. The number of allylic oxidation sites excluding steroid dienone is 1. The van der Waals surface area contributed by atoms with Gasteiger partial charge in [-0.3, -0.25) is 4.79 Å². The van der Waals surface area contributed by atoms with Crippen molar-refractivity contribution in [3.8, 4) is 0 Å². The van der Waals surface area contributed by atoms with Crippen molar-refractivity contribution in [3.05, 3.63) is 23.8 Å². The summed E-state index contributed by atoms with van der Waals surface area (Å²) >= 11 is 0. The molecule has 0 radical (unpaired) electrons. The fraction of sp³-hybridized carbons (Fsp3) is 0.615. The number of aliphatic hydroxyl groups excluding tert-OH is 2. The maximum Gasteiger partial charge on any atom is 0.156 e. The molecular weight excluding hydrogens is 220 g/mol. The Kier molecular flexibility index (Phi) is 3.91. The Hall–Kier alpha value is -0.970. The summed E-state index contributed by atoms with van der Waals surface area (Å²) in [6.45, 7) is 4.90. The monoisotopic (exact) mass is 240 g/mol. The van der Waals surface area contributed by atoms with E-state index in [0.29, 0.717) is 5.57 Å². The van der Waals surface area contributed by atoms with Crippen LogP contribution in [0.1, 0.15) is 27.2 Å². The molecule has 96 valence electrons. The molecule has 0 aromatic carbocycles. The van der Waals surface area contributed by atoms with Crippen molar-refractivity contribution in [3.63, 3.8) is 0 Å². The van der Waals surface area contributed by atoms with E-state index in [0.717, 1.165) is 0 Å². The molecule has 4 heteroatoms. The van der Waals surface area contributed by atoms with Crippen molar-refractivity contribution >= 4 is 5.78 Å². The summed E-state index contributed by atoms with van der Waals surface area (Å²) in [5.41, 5.74) is -1.34. The van der Waals surface area contributed by atoms with E-state index in [1.54, 1.807) is 20.8 Å². The number of carbonyl (C=O) groups excluding carboxylic acids is 1. The number of hydrogen-bond acceptors (Lipinski definition) is 4. The van der Waals surface area contributed by atoms with E-state index in [9.17, 15) is 15.0 Å². The standard InChI is InChI=1S/C13H20O4/c1-9-6-11(16)7-12(2,3)13(9,17)5-4-10(15)8-14/h4-6,10,14-15,17H,7-8H2,1-3H3/b5-4+/t10?,13-/m1/s1. The minimum absolute atomic E-state index is 0.00622. The third-order valence-corrected chi connectivity index (χ3v) is 3.37. The minimum Gasteiger partial charge on any atom is -0.393 e. The van der Waals surface area contributed by atoms with Crippen LogP contribution in [0.25, 0.3) is 0 Å². The van der Waals surface area contributed by atoms with Gasteiger partial charge in [0.2, 0.25) is 0 Å². The highest BCUT2D eigenvalue weighted by atomic mass is 16.3. The second kappa shape index (κ2) is 4.72. The highest BCUT2D eigenvalue weighted by Gasteiger charge is 2.46. The number of carbonyl (C=O) groups is 1. The second-order valence-corrected chi connectivity index (χ2v) is 5.23. The molecule has 1 rings (SSSR count). The zero-order valence-electron chi connectivity index (χ0n) is 10.5. The van der Waals surface area contributed by atoms with Crippen molar-refractivity contribution < 1.29 is 20.1 Å². The van der Waals surface area contributed by atoms with Crippen LogP contribution in [-0.2, 0) is 4.79 Å². The van der Waals surface area contributed by atoms with E-state index in [4.69, 9.17) is 5.11 Å². The second-order valence-electron chi connectivity index (χ2n) is 5.23. The summed E-state index contributed by atoms with van der Waals surface area (Å²) in [5.74, 6) is -0.00622. The molecule has 1 aliphatic rings. The largest absolute Gasteiger partial charge is 0.393 e. The average molecular weight is 240 g/mol. The van der Waals surface area contributed by atoms with Gasteiger partial charge in [-0.25, -0.2) is 0 Å². The molecule has 1 unspecified atom stereocenters. The Balaban J connectivity index is 3.10. The van der Waals surface area contributed by atoms with Crippen LogP contribution in [0.3, 0.4) is 0 Å². The van der Waals surface area contributed by atoms with Crippen LogP contribution in [0, 0.1) is 5.41 Å². The third kappa shape index (κ3) is 2.65. The first-order valence-corrected chi connectivity index (χ1v) is 5.65. The SMILES string of the molecule is CC1=CC(=O)CC(C)(C)[C@@]1(O)/C=C/C(O)CO. The van der Waals surface area contributed by atoms with Gasteiger partial charge in [0, 0.05) is 11.8 Å². The molecule has 4 nitrogen and oxygen atoms in total. The van der Waals surface area contributed by atoms with Crippen molar-refractivity contribution in [2.45, 2.75) is 38.9 Å². The highest BCUT2D eigenvalue weighted by Crippen LogP contribution is 2.44. The van der Waals surface area contributed by atoms with Gasteiger partial charge in [0.05, 0.1) is 12.7 Å². The molecule has 0 fully saturated rings. The van der Waals surface area contributed by atoms with Gasteiger partial charge >= 0.3 is 0 Å². The van der Waals surface area contributed by atoms with Gasteiger partial charge in [0.15, 0.2) is 5.78 Å². The summed E-state index contributed by atoms with van der Waals surface area (Å²) in [7, 11) is 0. The molecule has 2 atom stereocenters. The van der Waals surface area contributed by atoms with E-state index in [1.165, 1.54) is 18.2 Å². The van der Waals surface area contributed by atoms with E-state index in [2.05, 4.69) is 0 Å². The van der Waals surface area contributed by atoms with Gasteiger partial charge in [-0.1, -0.05) is 19.9 Å². The smallest absolute Gasteiger partial charge is 0.156 e. The lowest BCUT2D eigenvalue weighted by Crippen LogP contribution is -2.48. The first-order chi connectivity index (χ1) is 7.73. The fourth-order valence-corrected chi connectivity index (χ4v) is 2.17. The lowest BCUT2D eigenvalue weighted by atomic mass is 9.64. The summed E-state index contributed by atoms with van der Waals surface area (Å²) in [6.07, 6.45) is 3.50. The molecule has 1 aliphatic carbocycles. The van der Waals surface area contributed by atoms with Gasteiger partial charge in [-0.15, -0.1) is 0 Å². The Morgan fingerprint density at radius 2 is 2.12 bits per heavy atom.